The van der Waals surface area contributed by atoms with Crippen LogP contribution in [0.4, 0.5) is 5.69 Å². The van der Waals surface area contributed by atoms with Gasteiger partial charge in [0, 0.05) is 49.0 Å². The molecule has 4 rings (SSSR count). The van der Waals surface area contributed by atoms with Crippen LogP contribution in [0.5, 0.6) is 0 Å². The molecular formula is C24H25N3O2. The minimum absolute atomic E-state index is 0.0572. The van der Waals surface area contributed by atoms with E-state index >= 15 is 0 Å². The number of amides is 1. The predicted octanol–water partition coefficient (Wildman–Crippen LogP) is 3.51. The number of aromatic nitrogens is 1. The van der Waals surface area contributed by atoms with Crippen molar-refractivity contribution in [2.75, 3.05) is 31.1 Å². The van der Waals surface area contributed by atoms with E-state index in [9.17, 15) is 9.59 Å². The van der Waals surface area contributed by atoms with Crippen LogP contribution in [-0.4, -0.2) is 42.0 Å². The van der Waals surface area contributed by atoms with Crippen LogP contribution in [0.2, 0.25) is 0 Å². The van der Waals surface area contributed by atoms with Gasteiger partial charge in [0.1, 0.15) is 0 Å². The molecule has 1 fully saturated rings. The number of para-hydroxylation sites is 1. The second-order valence-corrected chi connectivity index (χ2v) is 7.51. The third kappa shape index (κ3) is 3.94. The van der Waals surface area contributed by atoms with Crippen molar-refractivity contribution in [1.82, 2.24) is 9.88 Å². The van der Waals surface area contributed by atoms with Gasteiger partial charge in [0.2, 0.25) is 5.91 Å². The highest BCUT2D eigenvalue weighted by Gasteiger charge is 2.21. The van der Waals surface area contributed by atoms with Gasteiger partial charge in [-0.15, -0.1) is 0 Å². The van der Waals surface area contributed by atoms with Crippen molar-refractivity contribution in [3.63, 3.8) is 0 Å². The second-order valence-electron chi connectivity index (χ2n) is 7.51. The fourth-order valence-corrected chi connectivity index (χ4v) is 3.80. The molecule has 5 nitrogen and oxygen atoms in total. The van der Waals surface area contributed by atoms with E-state index in [1.165, 1.54) is 22.9 Å². The Balaban J connectivity index is 1.43. The zero-order valence-electron chi connectivity index (χ0n) is 16.8. The number of piperazine rings is 1. The third-order valence-corrected chi connectivity index (χ3v) is 5.70. The molecule has 0 radical (unpaired) electrons. The van der Waals surface area contributed by atoms with Crippen LogP contribution >= 0.6 is 0 Å². The number of benzene rings is 2. The summed E-state index contributed by atoms with van der Waals surface area (Å²) >= 11 is 0. The monoisotopic (exact) mass is 387 g/mol. The van der Waals surface area contributed by atoms with Crippen molar-refractivity contribution < 1.29 is 4.79 Å². The summed E-state index contributed by atoms with van der Waals surface area (Å²) in [5.41, 5.74) is 4.92. The Labute approximate surface area is 170 Å². The normalized spacial score (nSPS) is 14.7. The molecule has 2 heterocycles. The van der Waals surface area contributed by atoms with Crippen molar-refractivity contribution in [2.24, 2.45) is 0 Å². The molecule has 0 unspecified atom stereocenters. The molecule has 1 saturated heterocycles. The average Bonchev–Trinajstić information content (AvgIpc) is 2.74. The number of nitrogens with one attached hydrogen (secondary N) is 1. The zero-order chi connectivity index (χ0) is 20.4. The van der Waals surface area contributed by atoms with Crippen molar-refractivity contribution in [1.29, 1.82) is 0 Å². The lowest BCUT2D eigenvalue weighted by Crippen LogP contribution is -2.48. The number of fused-ring (bicyclic) bond motifs is 1. The minimum Gasteiger partial charge on any atom is -0.368 e. The van der Waals surface area contributed by atoms with E-state index in [0.29, 0.717) is 18.7 Å². The van der Waals surface area contributed by atoms with Crippen LogP contribution in [0.3, 0.4) is 0 Å². The highest BCUT2D eigenvalue weighted by atomic mass is 16.2. The maximum atomic E-state index is 12.6. The number of carbonyl (C=O) groups excluding carboxylic acids is 1. The first-order chi connectivity index (χ1) is 14.0. The summed E-state index contributed by atoms with van der Waals surface area (Å²) in [6.07, 6.45) is 3.12. The smallest absolute Gasteiger partial charge is 0.255 e. The molecular weight excluding hydrogens is 362 g/mol. The number of hydrogen-bond acceptors (Lipinski definition) is 3. The van der Waals surface area contributed by atoms with Gasteiger partial charge in [0.15, 0.2) is 0 Å². The lowest BCUT2D eigenvalue weighted by molar-refractivity contribution is -0.126. The Bertz CT molecular complexity index is 1140. The van der Waals surface area contributed by atoms with E-state index in [4.69, 9.17) is 0 Å². The Hall–Kier alpha value is -3.34. The average molecular weight is 387 g/mol. The van der Waals surface area contributed by atoms with Crippen LogP contribution in [0.15, 0.2) is 59.4 Å². The maximum Gasteiger partial charge on any atom is 0.255 e. The van der Waals surface area contributed by atoms with Crippen LogP contribution in [-0.2, 0) is 4.79 Å². The van der Waals surface area contributed by atoms with Crippen LogP contribution < -0.4 is 10.5 Å². The molecule has 0 bridgehead atoms. The van der Waals surface area contributed by atoms with E-state index in [2.05, 4.69) is 41.9 Å². The largest absolute Gasteiger partial charge is 0.368 e. The summed E-state index contributed by atoms with van der Waals surface area (Å²) in [5, 5.41) is 0.946. The topological polar surface area (TPSA) is 56.4 Å². The number of H-pyrrole nitrogens is 1. The van der Waals surface area contributed by atoms with E-state index in [1.807, 2.05) is 35.2 Å². The molecule has 1 aliphatic heterocycles. The lowest BCUT2D eigenvalue weighted by Gasteiger charge is -2.36. The molecule has 29 heavy (non-hydrogen) atoms. The van der Waals surface area contributed by atoms with E-state index in [1.54, 1.807) is 6.08 Å². The van der Waals surface area contributed by atoms with E-state index in [-0.39, 0.29) is 11.5 Å². The first kappa shape index (κ1) is 19.0. The number of carbonyl (C=O) groups is 1. The first-order valence-electron chi connectivity index (χ1n) is 9.93. The number of hydrogen-bond donors (Lipinski definition) is 1. The molecule has 1 N–H and O–H groups in total. The van der Waals surface area contributed by atoms with Crippen molar-refractivity contribution >= 4 is 28.6 Å². The summed E-state index contributed by atoms with van der Waals surface area (Å²) in [7, 11) is 0. The number of nitrogens with zero attached hydrogens (tertiary/aromatic N) is 2. The first-order valence-corrected chi connectivity index (χ1v) is 9.93. The van der Waals surface area contributed by atoms with Crippen molar-refractivity contribution in [3.05, 3.63) is 81.7 Å². The molecule has 0 atom stereocenters. The van der Waals surface area contributed by atoms with Gasteiger partial charge in [-0.05, 0) is 54.6 Å². The molecule has 1 aromatic heterocycles. The minimum atomic E-state index is -0.188. The summed E-state index contributed by atoms with van der Waals surface area (Å²) in [5.74, 6) is -0.0572. The summed E-state index contributed by atoms with van der Waals surface area (Å²) in [4.78, 5) is 31.9. The Morgan fingerprint density at radius 1 is 1.00 bits per heavy atom. The van der Waals surface area contributed by atoms with Gasteiger partial charge in [0.05, 0.1) is 0 Å². The van der Waals surface area contributed by atoms with Crippen LogP contribution in [0.25, 0.3) is 17.0 Å². The van der Waals surface area contributed by atoms with Gasteiger partial charge in [0.25, 0.3) is 5.56 Å². The predicted molar refractivity (Wildman–Crippen MR) is 118 cm³/mol. The Kier molecular flexibility index (Phi) is 5.21. The lowest BCUT2D eigenvalue weighted by atomic mass is 10.1. The van der Waals surface area contributed by atoms with Gasteiger partial charge < -0.3 is 14.8 Å². The molecule has 0 saturated carbocycles. The Morgan fingerprint density at radius 3 is 2.55 bits per heavy atom. The summed E-state index contributed by atoms with van der Waals surface area (Å²) in [6.45, 7) is 7.22. The summed E-state index contributed by atoms with van der Waals surface area (Å²) in [6, 6.07) is 15.8. The molecule has 1 aliphatic rings. The Morgan fingerprint density at radius 2 is 1.76 bits per heavy atom. The van der Waals surface area contributed by atoms with Gasteiger partial charge in [-0.1, -0.05) is 30.3 Å². The molecule has 5 heteroatoms. The number of pyridine rings is 1. The molecule has 2 aromatic carbocycles. The quantitative estimate of drug-likeness (QED) is 0.700. The van der Waals surface area contributed by atoms with Crippen molar-refractivity contribution in [3.8, 4) is 0 Å². The number of anilines is 1. The summed E-state index contributed by atoms with van der Waals surface area (Å²) < 4.78 is 0. The highest BCUT2D eigenvalue weighted by molar-refractivity contribution is 5.92. The zero-order valence-corrected chi connectivity index (χ0v) is 16.8. The van der Waals surface area contributed by atoms with E-state index in [0.717, 1.165) is 24.0 Å². The van der Waals surface area contributed by atoms with Crippen LogP contribution in [0, 0.1) is 13.8 Å². The van der Waals surface area contributed by atoms with Crippen molar-refractivity contribution in [2.45, 2.75) is 13.8 Å². The standard InChI is InChI=1S/C24H25N3O2/c1-17-6-5-9-22(18(17)2)26-12-14-27(15-13-26)23(28)11-10-20-16-19-7-3-4-8-21(19)25-24(20)29/h3-11,16H,12-15H2,1-2H3,(H,25,29)/b11-10+. The third-order valence-electron chi connectivity index (χ3n) is 5.70. The number of aromatic amines is 1. The van der Waals surface area contributed by atoms with Crippen LogP contribution in [0.1, 0.15) is 16.7 Å². The SMILES string of the molecule is Cc1cccc(N2CCN(C(=O)/C=C/c3cc4ccccc4[nH]c3=O)CC2)c1C. The van der Waals surface area contributed by atoms with Gasteiger partial charge >= 0.3 is 0 Å². The maximum absolute atomic E-state index is 12.6. The molecule has 148 valence electrons. The molecule has 0 aliphatic carbocycles. The molecule has 3 aromatic rings. The number of aryl methyl sites for hydroxylation is 1. The molecule has 0 spiro atoms. The highest BCUT2D eigenvalue weighted by Crippen LogP contribution is 2.24. The number of rotatable bonds is 3. The van der Waals surface area contributed by atoms with E-state index < -0.39 is 0 Å². The second kappa shape index (κ2) is 7.95. The van der Waals surface area contributed by atoms with Gasteiger partial charge in [-0.3, -0.25) is 9.59 Å². The van der Waals surface area contributed by atoms with Gasteiger partial charge in [-0.2, -0.15) is 0 Å². The molecule has 1 amide bonds. The fraction of sp³-hybridized carbons (Fsp3) is 0.250. The fourth-order valence-electron chi connectivity index (χ4n) is 3.80. The van der Waals surface area contributed by atoms with Gasteiger partial charge in [-0.25, -0.2) is 0 Å².